The normalized spacial score (nSPS) is 11.0. The fourth-order valence-corrected chi connectivity index (χ4v) is 3.15. The van der Waals surface area contributed by atoms with Gasteiger partial charge in [0.25, 0.3) is 0 Å². The summed E-state index contributed by atoms with van der Waals surface area (Å²) < 4.78 is 27.8. The van der Waals surface area contributed by atoms with Crippen LogP contribution in [0.4, 0.5) is 14.6 Å². The molecule has 2 aromatic heterocycles. The van der Waals surface area contributed by atoms with Gasteiger partial charge in [-0.05, 0) is 35.9 Å². The van der Waals surface area contributed by atoms with Crippen LogP contribution in [0.1, 0.15) is 0 Å². The molecule has 2 aromatic carbocycles. The molecule has 134 valence electrons. The highest BCUT2D eigenvalue weighted by Gasteiger charge is 2.16. The summed E-state index contributed by atoms with van der Waals surface area (Å²) in [6.45, 7) is 0. The molecule has 4 rings (SSSR count). The molecule has 7 heteroatoms. The van der Waals surface area contributed by atoms with Gasteiger partial charge in [0.15, 0.2) is 17.5 Å². The standard InChI is InChI=1S/C20H13ClF2N4/c1-24-20-14-8-12(13-5-2-6-16(22)17(13)23)9-15(21)18(14)26-19(27-20)11-4-3-7-25-10-11/h2-10H,1H3,(H,24,26,27). The van der Waals surface area contributed by atoms with Crippen molar-refractivity contribution in [3.05, 3.63) is 71.5 Å². The summed E-state index contributed by atoms with van der Waals surface area (Å²) in [7, 11) is 1.72. The Labute approximate surface area is 158 Å². The molecule has 1 N–H and O–H groups in total. The summed E-state index contributed by atoms with van der Waals surface area (Å²) in [6, 6.07) is 10.9. The van der Waals surface area contributed by atoms with Crippen LogP contribution in [0.15, 0.2) is 54.9 Å². The SMILES string of the molecule is CNc1nc(-c2cccnc2)nc2c(Cl)cc(-c3cccc(F)c3F)cc12. The Morgan fingerprint density at radius 2 is 1.85 bits per heavy atom. The maximum Gasteiger partial charge on any atom is 0.166 e. The van der Waals surface area contributed by atoms with E-state index in [2.05, 4.69) is 20.3 Å². The van der Waals surface area contributed by atoms with Gasteiger partial charge < -0.3 is 5.32 Å². The first kappa shape index (κ1) is 17.3. The third-order valence-corrected chi connectivity index (χ3v) is 4.46. The third-order valence-electron chi connectivity index (χ3n) is 4.17. The van der Waals surface area contributed by atoms with Gasteiger partial charge in [-0.15, -0.1) is 0 Å². The Kier molecular flexibility index (Phi) is 4.41. The van der Waals surface area contributed by atoms with Crippen molar-refractivity contribution >= 4 is 28.3 Å². The maximum absolute atomic E-state index is 14.2. The lowest BCUT2D eigenvalue weighted by Gasteiger charge is -2.12. The second kappa shape index (κ2) is 6.89. The number of nitrogens with zero attached hydrogens (tertiary/aromatic N) is 3. The molecule has 0 spiro atoms. The minimum Gasteiger partial charge on any atom is -0.373 e. The van der Waals surface area contributed by atoms with Crippen molar-refractivity contribution in [2.75, 3.05) is 12.4 Å². The van der Waals surface area contributed by atoms with Crippen LogP contribution < -0.4 is 5.32 Å². The van der Waals surface area contributed by atoms with Gasteiger partial charge in [-0.1, -0.05) is 23.7 Å². The van der Waals surface area contributed by atoms with E-state index in [1.807, 2.05) is 6.07 Å². The Balaban J connectivity index is 1.97. The zero-order chi connectivity index (χ0) is 19.0. The molecule has 4 aromatic rings. The van der Waals surface area contributed by atoms with Gasteiger partial charge >= 0.3 is 0 Å². The number of aromatic nitrogens is 3. The van der Waals surface area contributed by atoms with Gasteiger partial charge in [0.1, 0.15) is 5.82 Å². The fraction of sp³-hybridized carbons (Fsp3) is 0.0500. The van der Waals surface area contributed by atoms with Gasteiger partial charge in [0.05, 0.1) is 10.5 Å². The largest absolute Gasteiger partial charge is 0.373 e. The minimum atomic E-state index is -0.924. The molecule has 2 heterocycles. The van der Waals surface area contributed by atoms with Crippen LogP contribution in [-0.4, -0.2) is 22.0 Å². The molecule has 0 aliphatic rings. The summed E-state index contributed by atoms with van der Waals surface area (Å²) in [5, 5.41) is 3.94. The van der Waals surface area contributed by atoms with Crippen LogP contribution >= 0.6 is 11.6 Å². The molecule has 0 atom stereocenters. The number of anilines is 1. The van der Waals surface area contributed by atoms with Crippen LogP contribution in [-0.2, 0) is 0 Å². The monoisotopic (exact) mass is 382 g/mol. The number of hydrogen-bond donors (Lipinski definition) is 1. The number of rotatable bonds is 3. The van der Waals surface area contributed by atoms with E-state index in [4.69, 9.17) is 11.6 Å². The van der Waals surface area contributed by atoms with Gasteiger partial charge in [-0.25, -0.2) is 18.7 Å². The predicted molar refractivity (Wildman–Crippen MR) is 103 cm³/mol. The molecule has 4 nitrogen and oxygen atoms in total. The highest BCUT2D eigenvalue weighted by atomic mass is 35.5. The molecule has 0 amide bonds. The van der Waals surface area contributed by atoms with Crippen LogP contribution in [0.3, 0.4) is 0 Å². The van der Waals surface area contributed by atoms with Gasteiger partial charge in [-0.3, -0.25) is 4.98 Å². The number of nitrogens with one attached hydrogen (secondary N) is 1. The zero-order valence-corrected chi connectivity index (χ0v) is 14.9. The highest BCUT2D eigenvalue weighted by Crippen LogP contribution is 2.35. The van der Waals surface area contributed by atoms with Crippen molar-refractivity contribution in [1.29, 1.82) is 0 Å². The number of benzene rings is 2. The Morgan fingerprint density at radius 3 is 2.59 bits per heavy atom. The highest BCUT2D eigenvalue weighted by molar-refractivity contribution is 6.35. The van der Waals surface area contributed by atoms with Crippen LogP contribution in [0.5, 0.6) is 0 Å². The van der Waals surface area contributed by atoms with E-state index in [1.165, 1.54) is 12.1 Å². The second-order valence-electron chi connectivity index (χ2n) is 5.84. The van der Waals surface area contributed by atoms with E-state index >= 15 is 0 Å². The fourth-order valence-electron chi connectivity index (χ4n) is 2.89. The van der Waals surface area contributed by atoms with Crippen molar-refractivity contribution in [2.45, 2.75) is 0 Å². The van der Waals surface area contributed by atoms with E-state index in [9.17, 15) is 8.78 Å². The molecular formula is C20H13ClF2N4. The number of hydrogen-bond acceptors (Lipinski definition) is 4. The Morgan fingerprint density at radius 1 is 1.00 bits per heavy atom. The zero-order valence-electron chi connectivity index (χ0n) is 14.2. The van der Waals surface area contributed by atoms with E-state index in [0.717, 1.165) is 11.6 Å². The quantitative estimate of drug-likeness (QED) is 0.520. The summed E-state index contributed by atoms with van der Waals surface area (Å²) in [5.74, 6) is -0.849. The lowest BCUT2D eigenvalue weighted by atomic mass is 10.0. The van der Waals surface area contributed by atoms with Crippen molar-refractivity contribution < 1.29 is 8.78 Å². The summed E-state index contributed by atoms with van der Waals surface area (Å²) >= 11 is 6.44. The molecule has 0 unspecified atom stereocenters. The van der Waals surface area contributed by atoms with E-state index in [1.54, 1.807) is 37.6 Å². The number of pyridine rings is 1. The summed E-state index contributed by atoms with van der Waals surface area (Å²) in [6.07, 6.45) is 3.32. The molecule has 0 radical (unpaired) electrons. The summed E-state index contributed by atoms with van der Waals surface area (Å²) in [4.78, 5) is 13.1. The van der Waals surface area contributed by atoms with Gasteiger partial charge in [-0.2, -0.15) is 0 Å². The Bertz CT molecular complexity index is 1150. The van der Waals surface area contributed by atoms with Crippen LogP contribution in [0.2, 0.25) is 5.02 Å². The first-order valence-corrected chi connectivity index (χ1v) is 8.50. The Hall–Kier alpha value is -3.12. The van der Waals surface area contributed by atoms with E-state index < -0.39 is 11.6 Å². The van der Waals surface area contributed by atoms with E-state index in [0.29, 0.717) is 33.1 Å². The third kappa shape index (κ3) is 3.08. The molecular weight excluding hydrogens is 370 g/mol. The van der Waals surface area contributed by atoms with Crippen molar-refractivity contribution in [2.24, 2.45) is 0 Å². The van der Waals surface area contributed by atoms with Crippen molar-refractivity contribution in [3.63, 3.8) is 0 Å². The lowest BCUT2D eigenvalue weighted by Crippen LogP contribution is -2.00. The van der Waals surface area contributed by atoms with Crippen LogP contribution in [0, 0.1) is 11.6 Å². The molecule has 0 aliphatic heterocycles. The number of fused-ring (bicyclic) bond motifs is 1. The van der Waals surface area contributed by atoms with Gasteiger partial charge in [0, 0.05) is 36.0 Å². The first-order chi connectivity index (χ1) is 13.1. The lowest BCUT2D eigenvalue weighted by molar-refractivity contribution is 0.511. The molecule has 0 fully saturated rings. The van der Waals surface area contributed by atoms with Crippen molar-refractivity contribution in [3.8, 4) is 22.5 Å². The van der Waals surface area contributed by atoms with Crippen LogP contribution in [0.25, 0.3) is 33.4 Å². The average molecular weight is 383 g/mol. The van der Waals surface area contributed by atoms with Crippen molar-refractivity contribution in [1.82, 2.24) is 15.0 Å². The molecule has 27 heavy (non-hydrogen) atoms. The predicted octanol–water partition coefficient (Wildman–Crippen LogP) is 5.33. The molecule has 0 aliphatic carbocycles. The topological polar surface area (TPSA) is 50.7 Å². The summed E-state index contributed by atoms with van der Waals surface area (Å²) in [5.41, 5.74) is 1.82. The first-order valence-electron chi connectivity index (χ1n) is 8.12. The molecule has 0 saturated heterocycles. The maximum atomic E-state index is 14.2. The average Bonchev–Trinajstić information content (AvgIpc) is 2.70. The second-order valence-corrected chi connectivity index (χ2v) is 6.25. The molecule has 0 bridgehead atoms. The smallest absolute Gasteiger partial charge is 0.166 e. The number of halogens is 3. The van der Waals surface area contributed by atoms with E-state index in [-0.39, 0.29) is 5.56 Å². The van der Waals surface area contributed by atoms with Gasteiger partial charge in [0.2, 0.25) is 0 Å². The molecule has 0 saturated carbocycles. The minimum absolute atomic E-state index is 0.122.